The highest BCUT2D eigenvalue weighted by Gasteiger charge is 2.22. The quantitative estimate of drug-likeness (QED) is 0.817. The van der Waals surface area contributed by atoms with Crippen molar-refractivity contribution < 1.29 is 9.53 Å². The van der Waals surface area contributed by atoms with Gasteiger partial charge in [0.15, 0.2) is 0 Å². The molecule has 1 aromatic carbocycles. The first-order valence-corrected chi connectivity index (χ1v) is 8.17. The molecule has 6 nitrogen and oxygen atoms in total. The molecule has 1 amide bonds. The third kappa shape index (κ3) is 4.44. The number of aryl methyl sites for hydroxylation is 1. The standard InChI is InChI=1S/C18H22N4O2/c1-12-20-16(11-17(21-12)22-14-6-7-14)18(23)19-9-8-13-4-3-5-15(10-13)24-2/h3-5,10-11,14H,6-9H2,1-2H3,(H,19,23)(H,20,21,22). The molecule has 3 rings (SSSR count). The van der Waals surface area contributed by atoms with E-state index in [0.717, 1.165) is 36.4 Å². The Morgan fingerprint density at radius 3 is 2.88 bits per heavy atom. The molecular weight excluding hydrogens is 304 g/mol. The van der Waals surface area contributed by atoms with Gasteiger partial charge in [0.1, 0.15) is 23.1 Å². The maximum atomic E-state index is 12.3. The number of hydrogen-bond donors (Lipinski definition) is 2. The van der Waals surface area contributed by atoms with Crippen molar-refractivity contribution in [3.8, 4) is 5.75 Å². The van der Waals surface area contributed by atoms with Gasteiger partial charge in [0.25, 0.3) is 5.91 Å². The molecule has 126 valence electrons. The van der Waals surface area contributed by atoms with Crippen LogP contribution >= 0.6 is 0 Å². The van der Waals surface area contributed by atoms with E-state index >= 15 is 0 Å². The predicted octanol–water partition coefficient (Wildman–Crippen LogP) is 2.34. The topological polar surface area (TPSA) is 76.1 Å². The van der Waals surface area contributed by atoms with E-state index in [2.05, 4.69) is 20.6 Å². The number of benzene rings is 1. The summed E-state index contributed by atoms with van der Waals surface area (Å²) in [5.74, 6) is 1.96. The van der Waals surface area contributed by atoms with E-state index in [-0.39, 0.29) is 5.91 Å². The van der Waals surface area contributed by atoms with Crippen LogP contribution in [-0.2, 0) is 6.42 Å². The monoisotopic (exact) mass is 326 g/mol. The smallest absolute Gasteiger partial charge is 0.270 e. The van der Waals surface area contributed by atoms with Crippen LogP contribution in [-0.4, -0.2) is 35.6 Å². The SMILES string of the molecule is COc1cccc(CCNC(=O)c2cc(NC3CC3)nc(C)n2)c1. The van der Waals surface area contributed by atoms with Crippen LogP contribution in [0.4, 0.5) is 5.82 Å². The van der Waals surface area contributed by atoms with Gasteiger partial charge in [-0.15, -0.1) is 0 Å². The molecule has 24 heavy (non-hydrogen) atoms. The number of nitrogens with zero attached hydrogens (tertiary/aromatic N) is 2. The minimum absolute atomic E-state index is 0.178. The second-order valence-corrected chi connectivity index (χ2v) is 5.96. The molecule has 6 heteroatoms. The van der Waals surface area contributed by atoms with Crippen LogP contribution in [0, 0.1) is 6.92 Å². The largest absolute Gasteiger partial charge is 0.497 e. The molecule has 0 saturated heterocycles. The Hall–Kier alpha value is -2.63. The van der Waals surface area contributed by atoms with Crippen molar-refractivity contribution in [2.24, 2.45) is 0 Å². The van der Waals surface area contributed by atoms with E-state index in [9.17, 15) is 4.79 Å². The van der Waals surface area contributed by atoms with Gasteiger partial charge in [-0.2, -0.15) is 0 Å². The van der Waals surface area contributed by atoms with Crippen molar-refractivity contribution in [1.82, 2.24) is 15.3 Å². The lowest BCUT2D eigenvalue weighted by atomic mass is 10.1. The van der Waals surface area contributed by atoms with Gasteiger partial charge >= 0.3 is 0 Å². The third-order valence-electron chi connectivity index (χ3n) is 3.83. The van der Waals surface area contributed by atoms with E-state index in [4.69, 9.17) is 4.74 Å². The number of carbonyl (C=O) groups excluding carboxylic acids is 1. The van der Waals surface area contributed by atoms with Crippen molar-refractivity contribution >= 4 is 11.7 Å². The predicted molar refractivity (Wildman–Crippen MR) is 92.4 cm³/mol. The van der Waals surface area contributed by atoms with Gasteiger partial charge in [0.05, 0.1) is 7.11 Å². The third-order valence-corrected chi connectivity index (χ3v) is 3.83. The second kappa shape index (κ2) is 7.29. The summed E-state index contributed by atoms with van der Waals surface area (Å²) in [6.07, 6.45) is 3.05. The highest BCUT2D eigenvalue weighted by Crippen LogP contribution is 2.23. The molecule has 0 bridgehead atoms. The van der Waals surface area contributed by atoms with Crippen LogP contribution in [0.15, 0.2) is 30.3 Å². The van der Waals surface area contributed by atoms with E-state index in [1.54, 1.807) is 20.1 Å². The van der Waals surface area contributed by atoms with Gasteiger partial charge in [-0.05, 0) is 43.9 Å². The van der Waals surface area contributed by atoms with E-state index in [1.165, 1.54) is 0 Å². The Bertz CT molecular complexity index is 729. The maximum Gasteiger partial charge on any atom is 0.270 e. The molecule has 1 aliphatic rings. The summed E-state index contributed by atoms with van der Waals surface area (Å²) in [7, 11) is 1.64. The van der Waals surface area contributed by atoms with Gasteiger partial charge in [-0.3, -0.25) is 4.79 Å². The number of aromatic nitrogens is 2. The Morgan fingerprint density at radius 2 is 2.12 bits per heavy atom. The van der Waals surface area contributed by atoms with Gasteiger partial charge in [-0.1, -0.05) is 12.1 Å². The molecule has 1 heterocycles. The average Bonchev–Trinajstić information content (AvgIpc) is 3.38. The minimum Gasteiger partial charge on any atom is -0.497 e. The van der Waals surface area contributed by atoms with Crippen molar-refractivity contribution in [3.05, 3.63) is 47.4 Å². The summed E-state index contributed by atoms with van der Waals surface area (Å²) in [4.78, 5) is 20.9. The zero-order chi connectivity index (χ0) is 16.9. The second-order valence-electron chi connectivity index (χ2n) is 5.96. The highest BCUT2D eigenvalue weighted by molar-refractivity contribution is 5.92. The number of carbonyl (C=O) groups is 1. The lowest BCUT2D eigenvalue weighted by Crippen LogP contribution is -2.27. The summed E-state index contributed by atoms with van der Waals surface area (Å²) in [6.45, 7) is 2.34. The van der Waals surface area contributed by atoms with Crippen molar-refractivity contribution in [2.45, 2.75) is 32.2 Å². The summed E-state index contributed by atoms with van der Waals surface area (Å²) in [5, 5.41) is 6.21. The Kier molecular flexibility index (Phi) is 4.93. The first kappa shape index (κ1) is 16.2. The number of ether oxygens (including phenoxy) is 1. The van der Waals surface area contributed by atoms with Crippen molar-refractivity contribution in [1.29, 1.82) is 0 Å². The fourth-order valence-electron chi connectivity index (χ4n) is 2.43. The number of hydrogen-bond acceptors (Lipinski definition) is 5. The summed E-state index contributed by atoms with van der Waals surface area (Å²) < 4.78 is 5.20. The first-order chi connectivity index (χ1) is 11.6. The molecule has 2 N–H and O–H groups in total. The molecule has 0 unspecified atom stereocenters. The lowest BCUT2D eigenvalue weighted by molar-refractivity contribution is 0.0949. The summed E-state index contributed by atoms with van der Waals surface area (Å²) in [5.41, 5.74) is 1.51. The number of amides is 1. The highest BCUT2D eigenvalue weighted by atomic mass is 16.5. The van der Waals surface area contributed by atoms with Crippen LogP contribution in [0.3, 0.4) is 0 Å². The van der Waals surface area contributed by atoms with Crippen LogP contribution in [0.5, 0.6) is 5.75 Å². The molecule has 1 aliphatic carbocycles. The molecule has 2 aromatic rings. The normalized spacial score (nSPS) is 13.4. The molecule has 0 atom stereocenters. The first-order valence-electron chi connectivity index (χ1n) is 8.17. The molecule has 0 spiro atoms. The molecule has 1 fully saturated rings. The van der Waals surface area contributed by atoms with E-state index in [1.807, 2.05) is 24.3 Å². The Morgan fingerprint density at radius 1 is 1.29 bits per heavy atom. The molecule has 1 saturated carbocycles. The molecular formula is C18H22N4O2. The maximum absolute atomic E-state index is 12.3. The van der Waals surface area contributed by atoms with Gasteiger partial charge in [0.2, 0.25) is 0 Å². The zero-order valence-corrected chi connectivity index (χ0v) is 14.0. The van der Waals surface area contributed by atoms with Crippen molar-refractivity contribution in [2.75, 3.05) is 19.0 Å². The number of rotatable bonds is 7. The van der Waals surface area contributed by atoms with Crippen LogP contribution in [0.25, 0.3) is 0 Å². The number of nitrogens with one attached hydrogen (secondary N) is 2. The van der Waals surface area contributed by atoms with Gasteiger partial charge in [0, 0.05) is 18.7 Å². The zero-order valence-electron chi connectivity index (χ0n) is 14.0. The van der Waals surface area contributed by atoms with Gasteiger partial charge < -0.3 is 15.4 Å². The van der Waals surface area contributed by atoms with E-state index < -0.39 is 0 Å². The van der Waals surface area contributed by atoms with Gasteiger partial charge in [-0.25, -0.2) is 9.97 Å². The number of methoxy groups -OCH3 is 1. The lowest BCUT2D eigenvalue weighted by Gasteiger charge is -2.09. The van der Waals surface area contributed by atoms with Crippen LogP contribution in [0.1, 0.15) is 34.7 Å². The Labute approximate surface area is 141 Å². The van der Waals surface area contributed by atoms with Crippen molar-refractivity contribution in [3.63, 3.8) is 0 Å². The summed E-state index contributed by atoms with van der Waals surface area (Å²) in [6, 6.07) is 10.0. The number of anilines is 1. The molecule has 0 aliphatic heterocycles. The van der Waals surface area contributed by atoms with Crippen LogP contribution < -0.4 is 15.4 Å². The molecule has 1 aromatic heterocycles. The fourth-order valence-corrected chi connectivity index (χ4v) is 2.43. The average molecular weight is 326 g/mol. The summed E-state index contributed by atoms with van der Waals surface area (Å²) >= 11 is 0. The molecule has 0 radical (unpaired) electrons. The minimum atomic E-state index is -0.178. The Balaban J connectivity index is 1.57. The van der Waals surface area contributed by atoms with E-state index in [0.29, 0.717) is 24.1 Å². The fraction of sp³-hybridized carbons (Fsp3) is 0.389. The van der Waals surface area contributed by atoms with Crippen LogP contribution in [0.2, 0.25) is 0 Å².